The maximum atomic E-state index is 13.2. The summed E-state index contributed by atoms with van der Waals surface area (Å²) in [5.74, 6) is -1.69. The third-order valence-electron chi connectivity index (χ3n) is 10.2. The van der Waals surface area contributed by atoms with E-state index in [1.165, 1.54) is 4.90 Å². The van der Waals surface area contributed by atoms with Gasteiger partial charge in [0.1, 0.15) is 12.6 Å². The summed E-state index contributed by atoms with van der Waals surface area (Å²) in [4.78, 5) is 66.1. The predicted molar refractivity (Wildman–Crippen MR) is 189 cm³/mol. The average molecular weight is 723 g/mol. The molecular weight excluding hydrogens is 676 g/mol. The molecule has 0 bridgehead atoms. The molecule has 4 aliphatic heterocycles. The standard InChI is InChI=1S/C36H46N6O8S/c1-36(2)15-3-4-16-42(36)51(48,49)23-24-7-5-8-25(19-24)38-32(44)22-50-26-13-17-40(18-14-26)33(45)20-37-29-10-6-9-27-28(29)21-41(35(27)47)30-11-12-31(43)39-34(30)46/h5-10,19,26,30,37H,3-4,11-18,20-23H2,1-2H3,(H,38,44)(H,39,43,46). The van der Waals surface area contributed by atoms with E-state index in [9.17, 15) is 32.4 Å². The number of hydrogen-bond acceptors (Lipinski definition) is 9. The number of likely N-dealkylation sites (tertiary alicyclic amines) is 1. The highest BCUT2D eigenvalue weighted by Gasteiger charge is 2.40. The van der Waals surface area contributed by atoms with Gasteiger partial charge in [0.15, 0.2) is 0 Å². The number of benzene rings is 2. The molecule has 0 saturated carbocycles. The van der Waals surface area contributed by atoms with Crippen LogP contribution in [0.4, 0.5) is 11.4 Å². The molecule has 4 heterocycles. The third-order valence-corrected chi connectivity index (χ3v) is 12.3. The largest absolute Gasteiger partial charge is 0.376 e. The first-order valence-corrected chi connectivity index (χ1v) is 19.2. The number of piperidine rings is 3. The molecule has 0 aromatic heterocycles. The molecule has 5 amide bonds. The lowest BCUT2D eigenvalue weighted by molar-refractivity contribution is -0.137. The second-order valence-corrected chi connectivity index (χ2v) is 16.2. The molecule has 51 heavy (non-hydrogen) atoms. The van der Waals surface area contributed by atoms with Crippen LogP contribution < -0.4 is 16.0 Å². The smallest absolute Gasteiger partial charge is 0.255 e. The average Bonchev–Trinajstić information content (AvgIpc) is 3.42. The molecule has 14 nitrogen and oxygen atoms in total. The van der Waals surface area contributed by atoms with Gasteiger partial charge in [-0.05, 0) is 75.8 Å². The summed E-state index contributed by atoms with van der Waals surface area (Å²) in [6.45, 7) is 5.42. The van der Waals surface area contributed by atoms with E-state index in [0.29, 0.717) is 60.5 Å². The lowest BCUT2D eigenvalue weighted by Gasteiger charge is -2.41. The second-order valence-electron chi connectivity index (χ2n) is 14.3. The Hall–Kier alpha value is -4.34. The van der Waals surface area contributed by atoms with Crippen LogP contribution in [0.15, 0.2) is 42.5 Å². The maximum Gasteiger partial charge on any atom is 0.255 e. The van der Waals surface area contributed by atoms with Crippen LogP contribution in [0.2, 0.25) is 0 Å². The van der Waals surface area contributed by atoms with E-state index in [4.69, 9.17) is 4.74 Å². The monoisotopic (exact) mass is 722 g/mol. The number of rotatable bonds is 11. The fraction of sp³-hybridized carbons (Fsp3) is 0.528. The summed E-state index contributed by atoms with van der Waals surface area (Å²) in [5.41, 5.74) is 2.50. The first kappa shape index (κ1) is 36.5. The quantitative estimate of drug-likeness (QED) is 0.295. The summed E-state index contributed by atoms with van der Waals surface area (Å²) in [6, 6.07) is 11.4. The molecule has 3 saturated heterocycles. The van der Waals surface area contributed by atoms with E-state index < -0.39 is 27.5 Å². The Labute approximate surface area is 298 Å². The number of sulfonamides is 1. The van der Waals surface area contributed by atoms with Crippen LogP contribution in [-0.4, -0.2) is 103 Å². The molecule has 0 spiro atoms. The van der Waals surface area contributed by atoms with Crippen LogP contribution in [-0.2, 0) is 46.2 Å². The Bertz CT molecular complexity index is 1810. The van der Waals surface area contributed by atoms with Crippen LogP contribution >= 0.6 is 0 Å². The fourth-order valence-corrected chi connectivity index (χ4v) is 9.49. The van der Waals surface area contributed by atoms with Gasteiger partial charge in [-0.2, -0.15) is 4.31 Å². The number of nitrogens with zero attached hydrogens (tertiary/aromatic N) is 3. The SMILES string of the molecule is CC1(C)CCCCN1S(=O)(=O)Cc1cccc(NC(=O)COC2CCN(C(=O)CNc3cccc4c3CN(C3CCC(=O)NC3=O)C4=O)CC2)c1. The molecule has 6 rings (SSSR count). The molecule has 3 N–H and O–H groups in total. The van der Waals surface area contributed by atoms with Gasteiger partial charge in [-0.25, -0.2) is 8.42 Å². The normalized spacial score (nSPS) is 21.3. The molecular formula is C36H46N6O8S. The summed E-state index contributed by atoms with van der Waals surface area (Å²) in [7, 11) is -3.53. The summed E-state index contributed by atoms with van der Waals surface area (Å²) >= 11 is 0. The van der Waals surface area contributed by atoms with E-state index in [0.717, 1.165) is 19.3 Å². The minimum atomic E-state index is -3.53. The maximum absolute atomic E-state index is 13.2. The minimum Gasteiger partial charge on any atom is -0.376 e. The highest BCUT2D eigenvalue weighted by Crippen LogP contribution is 2.33. The molecule has 1 atom stereocenters. The van der Waals surface area contributed by atoms with Crippen molar-refractivity contribution in [3.63, 3.8) is 0 Å². The Morgan fingerprint density at radius 2 is 1.76 bits per heavy atom. The van der Waals surface area contributed by atoms with Crippen LogP contribution in [0.1, 0.15) is 80.3 Å². The van der Waals surface area contributed by atoms with Gasteiger partial charge in [-0.3, -0.25) is 29.3 Å². The van der Waals surface area contributed by atoms with E-state index >= 15 is 0 Å². The van der Waals surface area contributed by atoms with Crippen molar-refractivity contribution in [1.82, 2.24) is 19.4 Å². The van der Waals surface area contributed by atoms with Crippen molar-refractivity contribution in [2.45, 2.75) is 88.8 Å². The number of hydrogen-bond donors (Lipinski definition) is 3. The molecule has 2 aromatic carbocycles. The molecule has 3 fully saturated rings. The number of carbonyl (C=O) groups excluding carboxylic acids is 5. The van der Waals surface area contributed by atoms with Crippen molar-refractivity contribution in [3.05, 3.63) is 59.2 Å². The first-order valence-electron chi connectivity index (χ1n) is 17.6. The van der Waals surface area contributed by atoms with Gasteiger partial charge < -0.3 is 25.2 Å². The zero-order valence-electron chi connectivity index (χ0n) is 29.1. The van der Waals surface area contributed by atoms with Gasteiger partial charge in [0.05, 0.1) is 18.4 Å². The van der Waals surface area contributed by atoms with Crippen LogP contribution in [0, 0.1) is 0 Å². The number of ether oxygens (including phenoxy) is 1. The molecule has 0 radical (unpaired) electrons. The van der Waals surface area contributed by atoms with Gasteiger partial charge in [0, 0.05) is 60.6 Å². The zero-order chi connectivity index (χ0) is 36.3. The van der Waals surface area contributed by atoms with Crippen molar-refractivity contribution < 1.29 is 37.1 Å². The molecule has 4 aliphatic rings. The minimum absolute atomic E-state index is 0.0210. The number of anilines is 2. The number of imide groups is 1. The molecule has 1 unspecified atom stereocenters. The van der Waals surface area contributed by atoms with E-state index in [2.05, 4.69) is 16.0 Å². The van der Waals surface area contributed by atoms with E-state index in [1.807, 2.05) is 13.8 Å². The van der Waals surface area contributed by atoms with Crippen molar-refractivity contribution in [1.29, 1.82) is 0 Å². The second kappa shape index (κ2) is 15.1. The van der Waals surface area contributed by atoms with E-state index in [-0.39, 0.29) is 68.0 Å². The number of carbonyl (C=O) groups is 5. The number of nitrogens with one attached hydrogen (secondary N) is 3. The van der Waals surface area contributed by atoms with Crippen molar-refractivity contribution in [2.75, 3.05) is 43.4 Å². The number of amides is 5. The van der Waals surface area contributed by atoms with Crippen molar-refractivity contribution in [2.24, 2.45) is 0 Å². The Kier molecular flexibility index (Phi) is 10.8. The molecule has 274 valence electrons. The molecule has 15 heteroatoms. The fourth-order valence-electron chi connectivity index (χ4n) is 7.48. The Morgan fingerprint density at radius 1 is 1.00 bits per heavy atom. The van der Waals surface area contributed by atoms with Gasteiger partial charge >= 0.3 is 0 Å². The highest BCUT2D eigenvalue weighted by atomic mass is 32.2. The van der Waals surface area contributed by atoms with Crippen LogP contribution in [0.3, 0.4) is 0 Å². The summed E-state index contributed by atoms with van der Waals surface area (Å²) in [6.07, 6.45) is 4.06. The molecule has 0 aliphatic carbocycles. The van der Waals surface area contributed by atoms with Crippen LogP contribution in [0.25, 0.3) is 0 Å². The van der Waals surface area contributed by atoms with Gasteiger partial charge in [-0.1, -0.05) is 24.6 Å². The van der Waals surface area contributed by atoms with Crippen LogP contribution in [0.5, 0.6) is 0 Å². The van der Waals surface area contributed by atoms with Gasteiger partial charge in [0.25, 0.3) is 5.91 Å². The van der Waals surface area contributed by atoms with E-state index in [1.54, 1.807) is 51.7 Å². The Balaban J connectivity index is 0.934. The first-order chi connectivity index (χ1) is 24.3. The van der Waals surface area contributed by atoms with Gasteiger partial charge in [-0.15, -0.1) is 0 Å². The van der Waals surface area contributed by atoms with Crippen molar-refractivity contribution >= 4 is 50.9 Å². The lowest BCUT2D eigenvalue weighted by Crippen LogP contribution is -2.52. The zero-order valence-corrected chi connectivity index (χ0v) is 29.9. The predicted octanol–water partition coefficient (Wildman–Crippen LogP) is 2.60. The van der Waals surface area contributed by atoms with Crippen molar-refractivity contribution in [3.8, 4) is 0 Å². The van der Waals surface area contributed by atoms with Gasteiger partial charge in [0.2, 0.25) is 33.7 Å². The third kappa shape index (κ3) is 8.42. The Morgan fingerprint density at radius 3 is 2.51 bits per heavy atom. The summed E-state index contributed by atoms with van der Waals surface area (Å²) < 4.78 is 33.9. The topological polar surface area (TPSA) is 175 Å². The lowest BCUT2D eigenvalue weighted by atomic mass is 9.93. The number of fused-ring (bicyclic) bond motifs is 1. The molecule has 2 aromatic rings. The highest BCUT2D eigenvalue weighted by molar-refractivity contribution is 7.88. The summed E-state index contributed by atoms with van der Waals surface area (Å²) in [5, 5.41) is 8.28.